The minimum Gasteiger partial charge on any atom is -0.410 e. The first-order valence-corrected chi connectivity index (χ1v) is 8.80. The summed E-state index contributed by atoms with van der Waals surface area (Å²) in [5, 5.41) is 9.76. The van der Waals surface area contributed by atoms with Crippen molar-refractivity contribution in [3.05, 3.63) is 84.9 Å². The van der Waals surface area contributed by atoms with Crippen molar-refractivity contribution < 1.29 is 19.1 Å². The van der Waals surface area contributed by atoms with E-state index in [2.05, 4.69) is 0 Å². The van der Waals surface area contributed by atoms with Gasteiger partial charge in [0.25, 0.3) is 0 Å². The normalized spacial score (nSPS) is 12.8. The predicted molar refractivity (Wildman–Crippen MR) is 106 cm³/mol. The van der Waals surface area contributed by atoms with E-state index in [4.69, 9.17) is 9.47 Å². The zero-order chi connectivity index (χ0) is 20.2. The number of nitrogens with zero attached hydrogens (tertiary/aromatic N) is 3. The Morgan fingerprint density at radius 1 is 0.690 bits per heavy atom. The van der Waals surface area contributed by atoms with Crippen LogP contribution in [0.15, 0.2) is 84.9 Å². The van der Waals surface area contributed by atoms with Crippen LogP contribution in [-0.2, 0) is 0 Å². The molecule has 1 aliphatic heterocycles. The van der Waals surface area contributed by atoms with Crippen LogP contribution in [0.3, 0.4) is 0 Å². The molecule has 0 N–H and O–H groups in total. The quantitative estimate of drug-likeness (QED) is 0.646. The second-order valence-electron chi connectivity index (χ2n) is 6.09. The van der Waals surface area contributed by atoms with E-state index in [9.17, 15) is 14.9 Å². The van der Waals surface area contributed by atoms with Crippen LogP contribution in [0.5, 0.6) is 11.5 Å². The van der Waals surface area contributed by atoms with Gasteiger partial charge in [-0.05, 0) is 36.4 Å². The van der Waals surface area contributed by atoms with E-state index in [1.807, 2.05) is 6.07 Å². The van der Waals surface area contributed by atoms with Gasteiger partial charge in [-0.2, -0.15) is 5.26 Å². The van der Waals surface area contributed by atoms with Gasteiger partial charge in [0.05, 0.1) is 11.4 Å². The highest BCUT2D eigenvalue weighted by molar-refractivity contribution is 6.06. The molecule has 0 spiro atoms. The summed E-state index contributed by atoms with van der Waals surface area (Å²) in [5.74, 6) is 0.661. The number of hydrogen-bond acceptors (Lipinski definition) is 5. The van der Waals surface area contributed by atoms with Gasteiger partial charge in [0.15, 0.2) is 0 Å². The molecule has 1 heterocycles. The van der Waals surface area contributed by atoms with Crippen molar-refractivity contribution in [2.45, 2.75) is 6.17 Å². The Morgan fingerprint density at radius 2 is 1.07 bits per heavy atom. The van der Waals surface area contributed by atoms with Crippen LogP contribution in [0.25, 0.3) is 0 Å². The molecule has 0 saturated heterocycles. The summed E-state index contributed by atoms with van der Waals surface area (Å²) in [6.07, 6.45) is -2.80. The number of ether oxygens (including phenoxy) is 2. The number of fused-ring (bicyclic) bond motifs is 1. The fourth-order valence-electron chi connectivity index (χ4n) is 3.04. The van der Waals surface area contributed by atoms with E-state index < -0.39 is 18.4 Å². The summed E-state index contributed by atoms with van der Waals surface area (Å²) in [6, 6.07) is 25.7. The molecule has 7 heteroatoms. The number of nitriles is 1. The Labute approximate surface area is 166 Å². The van der Waals surface area contributed by atoms with Gasteiger partial charge >= 0.3 is 12.2 Å². The molecule has 2 amide bonds. The maximum atomic E-state index is 12.8. The van der Waals surface area contributed by atoms with Crippen molar-refractivity contribution in [3.63, 3.8) is 0 Å². The molecule has 0 aromatic heterocycles. The number of anilines is 2. The van der Waals surface area contributed by atoms with Crippen LogP contribution in [0.2, 0.25) is 0 Å². The first kappa shape index (κ1) is 18.1. The Balaban J connectivity index is 1.66. The Hall–Kier alpha value is -4.31. The van der Waals surface area contributed by atoms with Gasteiger partial charge in [-0.15, -0.1) is 0 Å². The lowest BCUT2D eigenvalue weighted by atomic mass is 10.2. The topological polar surface area (TPSA) is 82.9 Å². The molecule has 0 saturated carbocycles. The SMILES string of the molecule is N#CC1N(C(=O)Oc2ccccc2)c2ccccc2N1C(=O)Oc1ccccc1. The molecule has 4 rings (SSSR count). The maximum absolute atomic E-state index is 12.8. The van der Waals surface area contributed by atoms with Gasteiger partial charge in [-0.1, -0.05) is 48.5 Å². The zero-order valence-corrected chi connectivity index (χ0v) is 15.1. The predicted octanol–water partition coefficient (Wildman–Crippen LogP) is 4.56. The summed E-state index contributed by atoms with van der Waals surface area (Å²) in [7, 11) is 0. The molecule has 0 radical (unpaired) electrons. The minimum atomic E-state index is -1.25. The van der Waals surface area contributed by atoms with Gasteiger partial charge in [0, 0.05) is 0 Å². The van der Waals surface area contributed by atoms with Gasteiger partial charge in [-0.25, -0.2) is 19.4 Å². The molecular weight excluding hydrogens is 370 g/mol. The van der Waals surface area contributed by atoms with Gasteiger partial charge < -0.3 is 9.47 Å². The number of benzene rings is 3. The van der Waals surface area contributed by atoms with E-state index in [0.717, 1.165) is 9.80 Å². The molecule has 0 atom stereocenters. The summed E-state index contributed by atoms with van der Waals surface area (Å²) < 4.78 is 10.8. The molecule has 3 aromatic rings. The highest BCUT2D eigenvalue weighted by atomic mass is 16.6. The van der Waals surface area contributed by atoms with Crippen LogP contribution in [0, 0.1) is 11.3 Å². The molecule has 3 aromatic carbocycles. The summed E-state index contributed by atoms with van der Waals surface area (Å²) in [4.78, 5) is 28.0. The van der Waals surface area contributed by atoms with E-state index in [-0.39, 0.29) is 0 Å². The van der Waals surface area contributed by atoms with Crippen LogP contribution in [-0.4, -0.2) is 18.4 Å². The lowest BCUT2D eigenvalue weighted by Gasteiger charge is -2.23. The standard InChI is InChI=1S/C22H15N3O4/c23-15-20-24(21(26)28-16-9-3-1-4-10-16)18-13-7-8-14-19(18)25(20)22(27)29-17-11-5-2-6-12-17/h1-14,20H. The largest absolute Gasteiger partial charge is 0.422 e. The number of carbonyl (C=O) groups excluding carboxylic acids is 2. The first-order chi connectivity index (χ1) is 14.2. The van der Waals surface area contributed by atoms with Crippen molar-refractivity contribution in [2.24, 2.45) is 0 Å². The first-order valence-electron chi connectivity index (χ1n) is 8.80. The molecule has 7 nitrogen and oxygen atoms in total. The fourth-order valence-corrected chi connectivity index (χ4v) is 3.04. The van der Waals surface area contributed by atoms with E-state index >= 15 is 0 Å². The lowest BCUT2D eigenvalue weighted by Crippen LogP contribution is -2.49. The van der Waals surface area contributed by atoms with Crippen molar-refractivity contribution in [2.75, 3.05) is 9.80 Å². The third-order valence-corrected chi connectivity index (χ3v) is 4.30. The highest BCUT2D eigenvalue weighted by Crippen LogP contribution is 2.40. The van der Waals surface area contributed by atoms with Crippen LogP contribution in [0.1, 0.15) is 0 Å². The molecular formula is C22H15N3O4. The number of para-hydroxylation sites is 4. The van der Waals surface area contributed by atoms with E-state index in [0.29, 0.717) is 22.9 Å². The Morgan fingerprint density at radius 3 is 1.45 bits per heavy atom. The van der Waals surface area contributed by atoms with E-state index in [1.165, 1.54) is 0 Å². The molecule has 1 aliphatic rings. The van der Waals surface area contributed by atoms with Crippen molar-refractivity contribution in [1.29, 1.82) is 5.26 Å². The van der Waals surface area contributed by atoms with Gasteiger partial charge in [0.1, 0.15) is 17.6 Å². The third-order valence-electron chi connectivity index (χ3n) is 4.30. The number of amides is 2. The average molecular weight is 385 g/mol. The molecule has 142 valence electrons. The third kappa shape index (κ3) is 3.47. The lowest BCUT2D eigenvalue weighted by molar-refractivity contribution is 0.202. The molecule has 0 fully saturated rings. The Kier molecular flexibility index (Phi) is 4.82. The molecule has 0 aliphatic carbocycles. The van der Waals surface area contributed by atoms with Gasteiger partial charge in [0.2, 0.25) is 6.17 Å². The van der Waals surface area contributed by atoms with Crippen molar-refractivity contribution in [1.82, 2.24) is 0 Å². The smallest absolute Gasteiger partial charge is 0.410 e. The molecule has 29 heavy (non-hydrogen) atoms. The van der Waals surface area contributed by atoms with Crippen LogP contribution >= 0.6 is 0 Å². The van der Waals surface area contributed by atoms with Crippen molar-refractivity contribution in [3.8, 4) is 17.6 Å². The fraction of sp³-hybridized carbons (Fsp3) is 0.0455. The monoisotopic (exact) mass is 385 g/mol. The zero-order valence-electron chi connectivity index (χ0n) is 15.1. The minimum absolute atomic E-state index is 0.331. The van der Waals surface area contributed by atoms with E-state index in [1.54, 1.807) is 84.9 Å². The Bertz CT molecular complexity index is 999. The summed E-state index contributed by atoms with van der Waals surface area (Å²) in [6.45, 7) is 0. The van der Waals surface area contributed by atoms with Crippen molar-refractivity contribution >= 4 is 23.6 Å². The second kappa shape index (κ2) is 7.74. The molecule has 0 unspecified atom stereocenters. The highest BCUT2D eigenvalue weighted by Gasteiger charge is 2.45. The number of rotatable bonds is 2. The number of hydrogen-bond donors (Lipinski definition) is 0. The summed E-state index contributed by atoms with van der Waals surface area (Å²) >= 11 is 0. The second-order valence-corrected chi connectivity index (χ2v) is 6.09. The molecule has 0 bridgehead atoms. The number of carbonyl (C=O) groups is 2. The summed E-state index contributed by atoms with van der Waals surface area (Å²) in [5.41, 5.74) is 0.759. The average Bonchev–Trinajstić information content (AvgIpc) is 3.09. The van der Waals surface area contributed by atoms with Gasteiger partial charge in [-0.3, -0.25) is 0 Å². The van der Waals surface area contributed by atoms with Crippen LogP contribution in [0.4, 0.5) is 21.0 Å². The maximum Gasteiger partial charge on any atom is 0.422 e. The van der Waals surface area contributed by atoms with Crippen LogP contribution < -0.4 is 19.3 Å².